The molecule has 0 radical (unpaired) electrons. The Morgan fingerprint density at radius 3 is 2.82 bits per heavy atom. The summed E-state index contributed by atoms with van der Waals surface area (Å²) in [6, 6.07) is 1.57. The first-order valence-corrected chi connectivity index (χ1v) is 7.13. The molecule has 0 saturated carbocycles. The minimum atomic E-state index is -0.574. The quantitative estimate of drug-likeness (QED) is 0.924. The number of aryl methyl sites for hydroxylation is 1. The van der Waals surface area contributed by atoms with Gasteiger partial charge in [0.25, 0.3) is 0 Å². The van der Waals surface area contributed by atoms with Crippen molar-refractivity contribution < 1.29 is 9.13 Å². The van der Waals surface area contributed by atoms with Crippen molar-refractivity contribution in [3.63, 3.8) is 0 Å². The number of rotatable bonds is 3. The van der Waals surface area contributed by atoms with Crippen LogP contribution in [0.2, 0.25) is 5.02 Å². The van der Waals surface area contributed by atoms with E-state index in [0.29, 0.717) is 48.8 Å². The second-order valence-corrected chi connectivity index (χ2v) is 5.16. The number of ether oxygens (including phenoxy) is 1. The zero-order chi connectivity index (χ0) is 15.5. The van der Waals surface area contributed by atoms with Gasteiger partial charge in [0.2, 0.25) is 5.95 Å². The zero-order valence-corrected chi connectivity index (χ0v) is 12.6. The second-order valence-electron chi connectivity index (χ2n) is 4.75. The lowest BCUT2D eigenvalue weighted by atomic mass is 10.4. The molecule has 0 amide bonds. The largest absolute Gasteiger partial charge is 0.378 e. The maximum atomic E-state index is 13.9. The van der Waals surface area contributed by atoms with E-state index in [2.05, 4.69) is 25.5 Å². The van der Waals surface area contributed by atoms with Crippen molar-refractivity contribution in [1.29, 1.82) is 0 Å². The third-order valence-corrected chi connectivity index (χ3v) is 3.57. The van der Waals surface area contributed by atoms with E-state index in [-0.39, 0.29) is 5.82 Å². The second kappa shape index (κ2) is 6.37. The summed E-state index contributed by atoms with van der Waals surface area (Å²) in [6.07, 6.45) is 1.13. The molecule has 3 rings (SSSR count). The van der Waals surface area contributed by atoms with Crippen LogP contribution in [0.1, 0.15) is 5.69 Å². The van der Waals surface area contributed by atoms with E-state index < -0.39 is 5.82 Å². The Bertz CT molecular complexity index is 680. The highest BCUT2D eigenvalue weighted by molar-refractivity contribution is 6.31. The minimum absolute atomic E-state index is 0.0331. The molecule has 7 nitrogen and oxygen atoms in total. The van der Waals surface area contributed by atoms with Crippen molar-refractivity contribution in [1.82, 2.24) is 20.2 Å². The van der Waals surface area contributed by atoms with E-state index in [1.165, 1.54) is 0 Å². The van der Waals surface area contributed by atoms with Crippen LogP contribution in [-0.4, -0.2) is 46.5 Å². The Morgan fingerprint density at radius 1 is 1.32 bits per heavy atom. The SMILES string of the molecule is Cc1nnc(Nc2nc(N3CCOCC3)ncc2F)cc1Cl. The maximum absolute atomic E-state index is 13.9. The lowest BCUT2D eigenvalue weighted by Crippen LogP contribution is -2.37. The first-order valence-electron chi connectivity index (χ1n) is 6.75. The Morgan fingerprint density at radius 2 is 2.09 bits per heavy atom. The summed E-state index contributed by atoms with van der Waals surface area (Å²) in [4.78, 5) is 10.2. The fourth-order valence-corrected chi connectivity index (χ4v) is 2.11. The van der Waals surface area contributed by atoms with Crippen molar-refractivity contribution in [3.05, 3.63) is 28.8 Å². The number of nitrogens with one attached hydrogen (secondary N) is 1. The summed E-state index contributed by atoms with van der Waals surface area (Å²) in [5, 5.41) is 11.0. The van der Waals surface area contributed by atoms with Gasteiger partial charge < -0.3 is 15.0 Å². The number of hydrogen-bond acceptors (Lipinski definition) is 7. The summed E-state index contributed by atoms with van der Waals surface area (Å²) >= 11 is 5.98. The molecule has 1 saturated heterocycles. The van der Waals surface area contributed by atoms with Gasteiger partial charge in [-0.05, 0) is 6.92 Å². The van der Waals surface area contributed by atoms with Crippen LogP contribution in [0.4, 0.5) is 22.0 Å². The standard InChI is InChI=1S/C13H14ClFN6O/c1-8-9(14)6-11(20-19-8)17-12-10(15)7-16-13(18-12)21-2-4-22-5-3-21/h6-7H,2-5H2,1H3,(H,16,17,18,20). The summed E-state index contributed by atoms with van der Waals surface area (Å²) < 4.78 is 19.2. The van der Waals surface area contributed by atoms with Gasteiger partial charge in [0.15, 0.2) is 17.5 Å². The third kappa shape index (κ3) is 3.23. The van der Waals surface area contributed by atoms with Crippen LogP contribution in [0.25, 0.3) is 0 Å². The summed E-state index contributed by atoms with van der Waals surface area (Å²) in [7, 11) is 0. The highest BCUT2D eigenvalue weighted by Crippen LogP contribution is 2.21. The molecular formula is C13H14ClFN6O. The summed E-state index contributed by atoms with van der Waals surface area (Å²) in [5.74, 6) is 0.223. The molecular weight excluding hydrogens is 311 g/mol. The molecule has 116 valence electrons. The molecule has 1 N–H and O–H groups in total. The van der Waals surface area contributed by atoms with Gasteiger partial charge in [0.1, 0.15) is 0 Å². The molecule has 1 aliphatic heterocycles. The van der Waals surface area contributed by atoms with Crippen molar-refractivity contribution in [3.8, 4) is 0 Å². The van der Waals surface area contributed by atoms with E-state index in [1.54, 1.807) is 13.0 Å². The van der Waals surface area contributed by atoms with Crippen LogP contribution in [0.15, 0.2) is 12.3 Å². The molecule has 2 aromatic heterocycles. The van der Waals surface area contributed by atoms with Crippen LogP contribution < -0.4 is 10.2 Å². The van der Waals surface area contributed by atoms with Crippen molar-refractivity contribution in [2.45, 2.75) is 6.92 Å². The number of halogens is 2. The van der Waals surface area contributed by atoms with Gasteiger partial charge in [-0.15, -0.1) is 5.10 Å². The number of aromatic nitrogens is 4. The molecule has 0 spiro atoms. The Balaban J connectivity index is 1.84. The minimum Gasteiger partial charge on any atom is -0.378 e. The summed E-state index contributed by atoms with van der Waals surface area (Å²) in [5.41, 5.74) is 0.601. The average Bonchev–Trinajstić information content (AvgIpc) is 2.54. The van der Waals surface area contributed by atoms with Crippen LogP contribution in [0, 0.1) is 12.7 Å². The van der Waals surface area contributed by atoms with Crippen LogP contribution in [0.3, 0.4) is 0 Å². The molecule has 0 atom stereocenters. The van der Waals surface area contributed by atoms with Gasteiger partial charge in [-0.3, -0.25) is 0 Å². The molecule has 2 aromatic rings. The molecule has 1 fully saturated rings. The van der Waals surface area contributed by atoms with Gasteiger partial charge in [-0.1, -0.05) is 11.6 Å². The number of hydrogen-bond donors (Lipinski definition) is 1. The Hall–Kier alpha value is -2.06. The van der Waals surface area contributed by atoms with E-state index in [0.717, 1.165) is 6.20 Å². The monoisotopic (exact) mass is 324 g/mol. The smallest absolute Gasteiger partial charge is 0.227 e. The van der Waals surface area contributed by atoms with Gasteiger partial charge >= 0.3 is 0 Å². The lowest BCUT2D eigenvalue weighted by molar-refractivity contribution is 0.122. The van der Waals surface area contributed by atoms with Crippen LogP contribution in [-0.2, 0) is 4.74 Å². The highest BCUT2D eigenvalue weighted by Gasteiger charge is 2.16. The van der Waals surface area contributed by atoms with Crippen LogP contribution in [0.5, 0.6) is 0 Å². The molecule has 0 aliphatic carbocycles. The molecule has 0 bridgehead atoms. The van der Waals surface area contributed by atoms with Crippen molar-refractivity contribution >= 4 is 29.2 Å². The lowest BCUT2D eigenvalue weighted by Gasteiger charge is -2.26. The van der Waals surface area contributed by atoms with Gasteiger partial charge in [0, 0.05) is 19.2 Å². The van der Waals surface area contributed by atoms with Crippen molar-refractivity contribution in [2.24, 2.45) is 0 Å². The molecule has 22 heavy (non-hydrogen) atoms. The van der Waals surface area contributed by atoms with Gasteiger partial charge in [0.05, 0.1) is 30.1 Å². The van der Waals surface area contributed by atoms with E-state index in [9.17, 15) is 4.39 Å². The fourth-order valence-electron chi connectivity index (χ4n) is 1.97. The predicted molar refractivity (Wildman–Crippen MR) is 80.1 cm³/mol. The summed E-state index contributed by atoms with van der Waals surface area (Å²) in [6.45, 7) is 4.27. The molecule has 3 heterocycles. The van der Waals surface area contributed by atoms with E-state index in [4.69, 9.17) is 16.3 Å². The maximum Gasteiger partial charge on any atom is 0.227 e. The Kier molecular flexibility index (Phi) is 4.30. The van der Waals surface area contributed by atoms with Gasteiger partial charge in [-0.2, -0.15) is 10.1 Å². The first-order chi connectivity index (χ1) is 10.6. The molecule has 0 unspecified atom stereocenters. The fraction of sp³-hybridized carbons (Fsp3) is 0.385. The van der Waals surface area contributed by atoms with E-state index in [1.807, 2.05) is 4.90 Å². The first kappa shape index (κ1) is 14.9. The Labute approximate surface area is 131 Å². The predicted octanol–water partition coefficient (Wildman–Crippen LogP) is 1.95. The van der Waals surface area contributed by atoms with Crippen LogP contribution >= 0.6 is 11.6 Å². The normalized spacial score (nSPS) is 15.0. The topological polar surface area (TPSA) is 76.1 Å². The number of anilines is 3. The number of nitrogens with zero attached hydrogens (tertiary/aromatic N) is 5. The van der Waals surface area contributed by atoms with E-state index >= 15 is 0 Å². The zero-order valence-electron chi connectivity index (χ0n) is 11.9. The third-order valence-electron chi connectivity index (χ3n) is 3.19. The highest BCUT2D eigenvalue weighted by atomic mass is 35.5. The molecule has 9 heteroatoms. The molecule has 0 aromatic carbocycles. The molecule has 1 aliphatic rings. The van der Waals surface area contributed by atoms with Crippen molar-refractivity contribution in [2.75, 3.05) is 36.5 Å². The number of morpholine rings is 1. The van der Waals surface area contributed by atoms with Gasteiger partial charge in [-0.25, -0.2) is 9.37 Å². The average molecular weight is 325 g/mol.